The molecule has 110 valence electrons. The highest BCUT2D eigenvalue weighted by molar-refractivity contribution is 9.10. The van der Waals surface area contributed by atoms with E-state index in [0.717, 1.165) is 4.90 Å². The van der Waals surface area contributed by atoms with Gasteiger partial charge in [-0.05, 0) is 13.8 Å². The smallest absolute Gasteiger partial charge is 0.330 e. The minimum absolute atomic E-state index is 0.180. The van der Waals surface area contributed by atoms with E-state index >= 15 is 0 Å². The Kier molecular flexibility index (Phi) is 5.52. The maximum Gasteiger partial charge on any atom is 0.330 e. The number of ether oxygens (including phenoxy) is 1. The number of halogens is 1. The molecule has 0 bridgehead atoms. The summed E-state index contributed by atoms with van der Waals surface area (Å²) in [4.78, 5) is 24.0. The van der Waals surface area contributed by atoms with Crippen molar-refractivity contribution in [1.29, 1.82) is 0 Å². The van der Waals surface area contributed by atoms with Crippen LogP contribution in [0.1, 0.15) is 13.8 Å². The maximum absolute atomic E-state index is 11.7. The zero-order valence-corrected chi connectivity index (χ0v) is 13.5. The van der Waals surface area contributed by atoms with Gasteiger partial charge in [-0.3, -0.25) is 9.59 Å². The van der Waals surface area contributed by atoms with E-state index in [1.165, 1.54) is 13.8 Å². The monoisotopic (exact) mass is 356 g/mol. The van der Waals surface area contributed by atoms with E-state index < -0.39 is 20.1 Å². The number of ketones is 1. The lowest BCUT2D eigenvalue weighted by Gasteiger charge is -2.24. The Labute approximate surface area is 121 Å². The van der Waals surface area contributed by atoms with Gasteiger partial charge in [-0.15, -0.1) is 0 Å². The van der Waals surface area contributed by atoms with Crippen LogP contribution in [0.25, 0.3) is 0 Å². The van der Waals surface area contributed by atoms with Gasteiger partial charge in [-0.25, -0.2) is 8.42 Å². The van der Waals surface area contributed by atoms with Gasteiger partial charge in [0.1, 0.15) is 13.2 Å². The van der Waals surface area contributed by atoms with Crippen molar-refractivity contribution in [3.8, 4) is 0 Å². The van der Waals surface area contributed by atoms with E-state index in [0.29, 0.717) is 19.6 Å². The third-order valence-corrected chi connectivity index (χ3v) is 5.80. The number of sulfone groups is 1. The first-order chi connectivity index (χ1) is 8.65. The molecule has 1 rings (SSSR count). The summed E-state index contributed by atoms with van der Waals surface area (Å²) in [7, 11) is -2.87. The Morgan fingerprint density at radius 1 is 1.32 bits per heavy atom. The van der Waals surface area contributed by atoms with E-state index in [1.54, 1.807) is 0 Å². The highest BCUT2D eigenvalue weighted by Crippen LogP contribution is 2.20. The molecular formula is C11H19BrNO5S+. The van der Waals surface area contributed by atoms with Crippen molar-refractivity contribution < 1.29 is 27.6 Å². The normalized spacial score (nSPS) is 22.5. The molecule has 1 fully saturated rings. The molecule has 0 aromatic rings. The van der Waals surface area contributed by atoms with Gasteiger partial charge in [0.15, 0.2) is 19.9 Å². The fourth-order valence-corrected chi connectivity index (χ4v) is 3.16. The summed E-state index contributed by atoms with van der Waals surface area (Å²) in [5.41, 5.74) is 0. The third kappa shape index (κ3) is 4.85. The van der Waals surface area contributed by atoms with E-state index in [-0.39, 0.29) is 23.9 Å². The summed E-state index contributed by atoms with van der Waals surface area (Å²) in [5.74, 6) is -0.558. The number of quaternary nitrogens is 1. The van der Waals surface area contributed by atoms with Gasteiger partial charge in [0, 0.05) is 0 Å². The summed E-state index contributed by atoms with van der Waals surface area (Å²) < 4.78 is 26.2. The number of carbonyl (C=O) groups is 2. The molecule has 1 atom stereocenters. The molecule has 8 heteroatoms. The van der Waals surface area contributed by atoms with Crippen LogP contribution in [0, 0.1) is 0 Å². The summed E-state index contributed by atoms with van der Waals surface area (Å²) in [6.45, 7) is 4.59. The Balaban J connectivity index is 2.32. The molecule has 1 unspecified atom stereocenters. The number of hydrogen-bond acceptors (Lipinski definition) is 5. The predicted molar refractivity (Wildman–Crippen MR) is 73.2 cm³/mol. The van der Waals surface area contributed by atoms with Crippen LogP contribution in [-0.2, 0) is 24.2 Å². The van der Waals surface area contributed by atoms with Gasteiger partial charge in [0.2, 0.25) is 0 Å². The van der Waals surface area contributed by atoms with Gasteiger partial charge in [0.25, 0.3) is 0 Å². The van der Waals surface area contributed by atoms with Gasteiger partial charge in [0.05, 0.1) is 24.6 Å². The second kappa shape index (κ2) is 6.32. The van der Waals surface area contributed by atoms with E-state index in [4.69, 9.17) is 4.74 Å². The molecule has 1 saturated heterocycles. The van der Waals surface area contributed by atoms with Crippen molar-refractivity contribution in [3.63, 3.8) is 0 Å². The van der Waals surface area contributed by atoms with Crippen LogP contribution in [0.15, 0.2) is 0 Å². The Morgan fingerprint density at radius 3 is 2.32 bits per heavy atom. The van der Waals surface area contributed by atoms with E-state index in [2.05, 4.69) is 15.9 Å². The second-order valence-electron chi connectivity index (χ2n) is 4.85. The first kappa shape index (κ1) is 16.6. The zero-order valence-electron chi connectivity index (χ0n) is 11.1. The molecule has 0 aromatic heterocycles. The second-order valence-corrected chi connectivity index (χ2v) is 8.74. The molecular weight excluding hydrogens is 338 g/mol. The number of alkyl halides is 1. The first-order valence-corrected chi connectivity index (χ1v) is 8.68. The average Bonchev–Trinajstić information content (AvgIpc) is 2.30. The van der Waals surface area contributed by atoms with Crippen molar-refractivity contribution in [2.75, 3.05) is 37.7 Å². The minimum atomic E-state index is -2.87. The number of carbonyl (C=O) groups excluding carboxylic acids is 2. The molecule has 0 amide bonds. The predicted octanol–water partition coefficient (Wildman–Crippen LogP) is -1.41. The SMILES string of the molecule is CC(=O)C(C)(Br)C(=O)OCC[NH+]1CCS(=O)(=O)CC1. The Bertz CT molecular complexity index is 446. The molecule has 1 aliphatic heterocycles. The molecule has 0 spiro atoms. The lowest BCUT2D eigenvalue weighted by Crippen LogP contribution is -3.14. The summed E-state index contributed by atoms with van der Waals surface area (Å²) in [5, 5.41) is 0. The van der Waals surface area contributed by atoms with Gasteiger partial charge < -0.3 is 9.64 Å². The molecule has 0 aromatic carbocycles. The quantitative estimate of drug-likeness (QED) is 0.371. The molecule has 0 saturated carbocycles. The topological polar surface area (TPSA) is 81.9 Å². The van der Waals surface area contributed by atoms with Crippen LogP contribution >= 0.6 is 15.9 Å². The number of esters is 1. The lowest BCUT2D eigenvalue weighted by atomic mass is 10.1. The summed E-state index contributed by atoms with van der Waals surface area (Å²) >= 11 is 3.04. The third-order valence-electron chi connectivity index (χ3n) is 3.27. The number of Topliss-reactive ketones (excluding diaryl/α,β-unsaturated/α-hetero) is 1. The van der Waals surface area contributed by atoms with Gasteiger partial charge in [-0.2, -0.15) is 0 Å². The molecule has 0 radical (unpaired) electrons. The maximum atomic E-state index is 11.7. The first-order valence-electron chi connectivity index (χ1n) is 6.06. The Morgan fingerprint density at radius 2 is 1.84 bits per heavy atom. The molecule has 1 aliphatic rings. The highest BCUT2D eigenvalue weighted by atomic mass is 79.9. The van der Waals surface area contributed by atoms with Gasteiger partial charge >= 0.3 is 5.97 Å². The van der Waals surface area contributed by atoms with Crippen molar-refractivity contribution >= 4 is 37.5 Å². The minimum Gasteiger partial charge on any atom is -0.458 e. The van der Waals surface area contributed by atoms with E-state index in [1.807, 2.05) is 0 Å². The van der Waals surface area contributed by atoms with Crippen molar-refractivity contribution in [2.24, 2.45) is 0 Å². The van der Waals surface area contributed by atoms with Crippen LogP contribution in [-0.4, -0.2) is 62.2 Å². The van der Waals surface area contributed by atoms with Crippen molar-refractivity contribution in [3.05, 3.63) is 0 Å². The number of rotatable bonds is 5. The molecule has 1 heterocycles. The standard InChI is InChI=1S/C11H18BrNO5S/c1-9(14)11(2,12)10(15)18-6-3-13-4-7-19(16,17)8-5-13/h3-8H2,1-2H3/p+1. The Hall–Kier alpha value is -0.470. The number of hydrogen-bond donors (Lipinski definition) is 1. The number of nitrogens with one attached hydrogen (secondary N) is 1. The van der Waals surface area contributed by atoms with Crippen molar-refractivity contribution in [2.45, 2.75) is 18.2 Å². The van der Waals surface area contributed by atoms with Gasteiger partial charge in [-0.1, -0.05) is 15.9 Å². The fourth-order valence-electron chi connectivity index (χ4n) is 1.64. The van der Waals surface area contributed by atoms with Crippen LogP contribution in [0.3, 0.4) is 0 Å². The van der Waals surface area contributed by atoms with Crippen LogP contribution in [0.2, 0.25) is 0 Å². The van der Waals surface area contributed by atoms with Crippen LogP contribution in [0.4, 0.5) is 0 Å². The molecule has 19 heavy (non-hydrogen) atoms. The van der Waals surface area contributed by atoms with Crippen molar-refractivity contribution in [1.82, 2.24) is 0 Å². The fraction of sp³-hybridized carbons (Fsp3) is 0.818. The largest absolute Gasteiger partial charge is 0.458 e. The molecule has 6 nitrogen and oxygen atoms in total. The summed E-state index contributed by atoms with van der Waals surface area (Å²) in [6.07, 6.45) is 0. The van der Waals surface area contributed by atoms with E-state index in [9.17, 15) is 18.0 Å². The summed E-state index contributed by atoms with van der Waals surface area (Å²) in [6, 6.07) is 0. The average molecular weight is 357 g/mol. The van der Waals surface area contributed by atoms with Crippen LogP contribution in [0.5, 0.6) is 0 Å². The highest BCUT2D eigenvalue weighted by Gasteiger charge is 2.37. The lowest BCUT2D eigenvalue weighted by molar-refractivity contribution is -0.896. The van der Waals surface area contributed by atoms with Crippen LogP contribution < -0.4 is 4.90 Å². The zero-order chi connectivity index (χ0) is 14.7. The molecule has 0 aliphatic carbocycles. The molecule has 1 N–H and O–H groups in total.